The molecule has 2 saturated heterocycles. The smallest absolute Gasteiger partial charge is 0.455 e. The number of hydrogen-bond acceptors (Lipinski definition) is 7. The number of imide groups is 1. The van der Waals surface area contributed by atoms with Crippen LogP contribution >= 0.6 is 0 Å². The third-order valence-corrected chi connectivity index (χ3v) is 8.22. The van der Waals surface area contributed by atoms with E-state index in [9.17, 15) is 19.7 Å². The number of nitrogens with zero attached hydrogens (tertiary/aromatic N) is 2. The van der Waals surface area contributed by atoms with E-state index in [1.165, 1.54) is 10.5 Å². The van der Waals surface area contributed by atoms with E-state index in [0.717, 1.165) is 36.1 Å². The number of likely N-dealkylation sites (tertiary alicyclic amines) is 1. The molecule has 2 aromatic heterocycles. The van der Waals surface area contributed by atoms with Crippen molar-refractivity contribution in [3.63, 3.8) is 0 Å². The SMILES string of the molecule is CCCC1=C2[C@@H](CC/C(=C/c3ccc(CO)o3)c3ccccn3)OB(O)C[C@@H]2[C@@H]2C(=O)N(CCC)C(=O)[C@@H]2C1. The molecular weight excluding hydrogens is 495 g/mol. The van der Waals surface area contributed by atoms with E-state index < -0.39 is 13.0 Å². The maximum atomic E-state index is 13.5. The predicted octanol–water partition coefficient (Wildman–Crippen LogP) is 4.49. The minimum atomic E-state index is -0.993. The topological polar surface area (TPSA) is 113 Å². The van der Waals surface area contributed by atoms with Crippen molar-refractivity contribution in [1.29, 1.82) is 0 Å². The van der Waals surface area contributed by atoms with Gasteiger partial charge in [-0.2, -0.15) is 0 Å². The zero-order valence-electron chi connectivity index (χ0n) is 22.7. The van der Waals surface area contributed by atoms with E-state index in [0.29, 0.717) is 43.6 Å². The van der Waals surface area contributed by atoms with Crippen LogP contribution in [-0.4, -0.2) is 51.6 Å². The lowest BCUT2D eigenvalue weighted by Crippen LogP contribution is -2.46. The fourth-order valence-electron chi connectivity index (χ4n) is 6.65. The van der Waals surface area contributed by atoms with Gasteiger partial charge in [0.1, 0.15) is 18.1 Å². The summed E-state index contributed by atoms with van der Waals surface area (Å²) in [7, 11) is -0.993. The molecule has 3 aliphatic rings. The summed E-state index contributed by atoms with van der Waals surface area (Å²) < 4.78 is 11.9. The fraction of sp³-hybridized carbons (Fsp3) is 0.500. The van der Waals surface area contributed by atoms with Gasteiger partial charge in [0.15, 0.2) is 0 Å². The number of furan rings is 1. The number of aliphatic hydroxyl groups excluding tert-OH is 1. The Morgan fingerprint density at radius 3 is 2.69 bits per heavy atom. The number of hydrogen-bond donors (Lipinski definition) is 2. The summed E-state index contributed by atoms with van der Waals surface area (Å²) in [6, 6.07) is 9.31. The van der Waals surface area contributed by atoms with Gasteiger partial charge < -0.3 is 19.2 Å². The van der Waals surface area contributed by atoms with E-state index in [4.69, 9.17) is 9.07 Å². The second-order valence-corrected chi connectivity index (χ2v) is 10.8. The van der Waals surface area contributed by atoms with Crippen LogP contribution in [0.25, 0.3) is 11.6 Å². The Labute approximate surface area is 229 Å². The second kappa shape index (κ2) is 12.0. The Hall–Kier alpha value is -3.01. The van der Waals surface area contributed by atoms with Crippen molar-refractivity contribution in [2.75, 3.05) is 6.54 Å². The molecule has 2 aliphatic heterocycles. The van der Waals surface area contributed by atoms with Crippen molar-refractivity contribution in [3.8, 4) is 0 Å². The number of fused-ring (bicyclic) bond motifs is 3. The molecule has 8 nitrogen and oxygen atoms in total. The van der Waals surface area contributed by atoms with Gasteiger partial charge in [-0.3, -0.25) is 19.5 Å². The summed E-state index contributed by atoms with van der Waals surface area (Å²) in [4.78, 5) is 32.7. The minimum absolute atomic E-state index is 0.0573. The summed E-state index contributed by atoms with van der Waals surface area (Å²) in [5, 5.41) is 20.2. The van der Waals surface area contributed by atoms with Crippen LogP contribution < -0.4 is 0 Å². The Morgan fingerprint density at radius 1 is 1.15 bits per heavy atom. The van der Waals surface area contributed by atoms with Gasteiger partial charge in [-0.25, -0.2) is 0 Å². The van der Waals surface area contributed by atoms with Gasteiger partial charge in [-0.05, 0) is 85.8 Å². The summed E-state index contributed by atoms with van der Waals surface area (Å²) in [6.45, 7) is 4.37. The van der Waals surface area contributed by atoms with Gasteiger partial charge in [0.2, 0.25) is 11.8 Å². The predicted molar refractivity (Wildman–Crippen MR) is 148 cm³/mol. The molecule has 0 unspecified atom stereocenters. The molecule has 4 atom stereocenters. The van der Waals surface area contributed by atoms with Gasteiger partial charge >= 0.3 is 7.12 Å². The number of carbonyl (C=O) groups is 2. The summed E-state index contributed by atoms with van der Waals surface area (Å²) in [6.07, 6.45) is 7.93. The van der Waals surface area contributed by atoms with E-state index in [2.05, 4.69) is 11.9 Å². The zero-order chi connectivity index (χ0) is 27.5. The molecule has 0 radical (unpaired) electrons. The van der Waals surface area contributed by atoms with Gasteiger partial charge in [0.25, 0.3) is 0 Å². The molecule has 0 saturated carbocycles. The van der Waals surface area contributed by atoms with Crippen LogP contribution in [0.2, 0.25) is 6.32 Å². The van der Waals surface area contributed by atoms with E-state index in [-0.39, 0.29) is 36.4 Å². The van der Waals surface area contributed by atoms with Crippen LogP contribution in [-0.2, 0) is 20.9 Å². The largest absolute Gasteiger partial charge is 0.459 e. The first-order valence-electron chi connectivity index (χ1n) is 14.2. The first-order chi connectivity index (χ1) is 18.9. The molecule has 1 aliphatic carbocycles. The highest BCUT2D eigenvalue weighted by atomic mass is 16.5. The third-order valence-electron chi connectivity index (χ3n) is 8.22. The van der Waals surface area contributed by atoms with Crippen LogP contribution in [0.4, 0.5) is 0 Å². The standard InChI is InChI=1S/C30H37BN2O6/c1-3-7-20-16-23-28(30(36)33(14-4-2)29(23)35)24-17-31(37)39-26(27(20)24)12-9-19(25-8-5-6-13-32-25)15-21-10-11-22(18-34)38-21/h5-6,8,10-11,13,15,23-24,26,28,34,37H,3-4,7,9,12,14,16-18H2,1-2H3/b19-15-/t23-,24+,26-,28-/m1/s1. The number of carbonyl (C=O) groups excluding carboxylic acids is 2. The van der Waals surface area contributed by atoms with Gasteiger partial charge in [-0.15, -0.1) is 0 Å². The average Bonchev–Trinajstić information content (AvgIpc) is 3.49. The highest BCUT2D eigenvalue weighted by Gasteiger charge is 2.56. The Kier molecular flexibility index (Phi) is 8.50. The lowest BCUT2D eigenvalue weighted by molar-refractivity contribution is -0.140. The molecule has 9 heteroatoms. The maximum Gasteiger partial charge on any atom is 0.455 e. The van der Waals surface area contributed by atoms with Crippen LogP contribution in [0.15, 0.2) is 52.1 Å². The van der Waals surface area contributed by atoms with Crippen molar-refractivity contribution < 1.29 is 28.8 Å². The number of aromatic nitrogens is 1. The number of amides is 2. The second-order valence-electron chi connectivity index (χ2n) is 10.8. The maximum absolute atomic E-state index is 13.5. The normalized spacial score (nSPS) is 25.4. The van der Waals surface area contributed by atoms with Crippen molar-refractivity contribution in [3.05, 3.63) is 64.9 Å². The monoisotopic (exact) mass is 532 g/mol. The van der Waals surface area contributed by atoms with E-state index in [1.807, 2.05) is 37.3 Å². The highest BCUT2D eigenvalue weighted by Crippen LogP contribution is 2.51. The summed E-state index contributed by atoms with van der Waals surface area (Å²) in [5.74, 6) is 0.00148. The van der Waals surface area contributed by atoms with Crippen molar-refractivity contribution in [1.82, 2.24) is 9.88 Å². The zero-order valence-corrected chi connectivity index (χ0v) is 22.7. The van der Waals surface area contributed by atoms with Crippen LogP contribution in [0, 0.1) is 17.8 Å². The lowest BCUT2D eigenvalue weighted by atomic mass is 9.58. The Morgan fingerprint density at radius 2 is 2.00 bits per heavy atom. The molecule has 2 aromatic rings. The van der Waals surface area contributed by atoms with E-state index in [1.54, 1.807) is 12.3 Å². The molecule has 39 heavy (non-hydrogen) atoms. The molecule has 2 N–H and O–H groups in total. The molecule has 0 aromatic carbocycles. The van der Waals surface area contributed by atoms with Crippen molar-refractivity contribution >= 4 is 30.6 Å². The number of allylic oxidation sites excluding steroid dienone is 2. The van der Waals surface area contributed by atoms with E-state index >= 15 is 0 Å². The lowest BCUT2D eigenvalue weighted by Gasteiger charge is -2.43. The Balaban J connectivity index is 1.46. The van der Waals surface area contributed by atoms with Crippen molar-refractivity contribution in [2.45, 2.75) is 71.4 Å². The first kappa shape index (κ1) is 27.6. The molecule has 2 fully saturated rings. The van der Waals surface area contributed by atoms with Gasteiger partial charge in [0.05, 0.1) is 23.6 Å². The molecule has 206 valence electrons. The number of pyridine rings is 1. The highest BCUT2D eigenvalue weighted by molar-refractivity contribution is 6.43. The fourth-order valence-corrected chi connectivity index (χ4v) is 6.65. The molecular formula is C30H37BN2O6. The number of rotatable bonds is 10. The van der Waals surface area contributed by atoms with Gasteiger partial charge in [0, 0.05) is 12.7 Å². The summed E-state index contributed by atoms with van der Waals surface area (Å²) in [5.41, 5.74) is 4.08. The molecule has 0 bridgehead atoms. The van der Waals surface area contributed by atoms with Crippen molar-refractivity contribution in [2.24, 2.45) is 17.8 Å². The number of aliphatic hydroxyl groups is 1. The quantitative estimate of drug-likeness (QED) is 0.263. The Bertz CT molecular complexity index is 1260. The average molecular weight is 532 g/mol. The van der Waals surface area contributed by atoms with Crippen LogP contribution in [0.1, 0.15) is 69.6 Å². The molecule has 5 rings (SSSR count). The first-order valence-corrected chi connectivity index (χ1v) is 14.2. The van der Waals surface area contributed by atoms with Crippen LogP contribution in [0.3, 0.4) is 0 Å². The third kappa shape index (κ3) is 5.53. The molecule has 4 heterocycles. The minimum Gasteiger partial charge on any atom is -0.459 e. The van der Waals surface area contributed by atoms with Crippen LogP contribution in [0.5, 0.6) is 0 Å². The summed E-state index contributed by atoms with van der Waals surface area (Å²) >= 11 is 0. The van der Waals surface area contributed by atoms with Gasteiger partial charge in [-0.1, -0.05) is 31.9 Å². The molecule has 0 spiro atoms. The molecule has 2 amide bonds.